The molecule has 0 unspecified atom stereocenters. The molecule has 1 aliphatic heterocycles. The summed E-state index contributed by atoms with van der Waals surface area (Å²) in [7, 11) is 0. The SMILES string of the molecule is CC(C)(C)OC(=O)N1CCN(Cc2cc(Cl)ccc2Cl)c2cc(Cl)nnc21. The van der Waals surface area contributed by atoms with Gasteiger partial charge in [0.25, 0.3) is 0 Å². The van der Waals surface area contributed by atoms with Crippen LogP contribution in [0.15, 0.2) is 24.3 Å². The van der Waals surface area contributed by atoms with Crippen LogP contribution in [0.1, 0.15) is 26.3 Å². The van der Waals surface area contributed by atoms with Crippen LogP contribution in [-0.4, -0.2) is 35.0 Å². The number of fused-ring (bicyclic) bond motifs is 1. The smallest absolute Gasteiger partial charge is 0.416 e. The van der Waals surface area contributed by atoms with Crippen LogP contribution in [0.4, 0.5) is 16.3 Å². The Labute approximate surface area is 173 Å². The molecule has 0 spiro atoms. The van der Waals surface area contributed by atoms with Crippen molar-refractivity contribution in [3.05, 3.63) is 45.0 Å². The zero-order chi connectivity index (χ0) is 19.8. The van der Waals surface area contributed by atoms with E-state index in [1.54, 1.807) is 18.2 Å². The highest BCUT2D eigenvalue weighted by Crippen LogP contribution is 2.35. The highest BCUT2D eigenvalue weighted by molar-refractivity contribution is 6.33. The number of halogens is 3. The summed E-state index contributed by atoms with van der Waals surface area (Å²) in [4.78, 5) is 16.1. The van der Waals surface area contributed by atoms with Crippen molar-refractivity contribution in [1.82, 2.24) is 10.2 Å². The van der Waals surface area contributed by atoms with E-state index in [1.165, 1.54) is 4.90 Å². The van der Waals surface area contributed by atoms with Gasteiger partial charge in [-0.05, 0) is 44.5 Å². The van der Waals surface area contributed by atoms with Gasteiger partial charge in [0.15, 0.2) is 11.0 Å². The van der Waals surface area contributed by atoms with E-state index in [1.807, 2.05) is 31.7 Å². The quantitative estimate of drug-likeness (QED) is 0.657. The highest BCUT2D eigenvalue weighted by atomic mass is 35.5. The maximum atomic E-state index is 12.6. The lowest BCUT2D eigenvalue weighted by molar-refractivity contribution is 0.0578. The largest absolute Gasteiger partial charge is 0.443 e. The maximum Gasteiger partial charge on any atom is 0.416 e. The summed E-state index contributed by atoms with van der Waals surface area (Å²) in [6.45, 7) is 6.90. The van der Waals surface area contributed by atoms with E-state index < -0.39 is 11.7 Å². The summed E-state index contributed by atoms with van der Waals surface area (Å²) in [5.41, 5.74) is 0.944. The molecule has 9 heteroatoms. The molecule has 0 N–H and O–H groups in total. The topological polar surface area (TPSA) is 58.6 Å². The average molecular weight is 430 g/mol. The number of benzene rings is 1. The van der Waals surface area contributed by atoms with Crippen LogP contribution in [-0.2, 0) is 11.3 Å². The standard InChI is InChI=1S/C18H19Cl3N4O2/c1-18(2,3)27-17(26)25-7-6-24(14-9-15(21)22-23-16(14)25)10-11-8-12(19)4-5-13(11)20/h4-5,8-9H,6-7,10H2,1-3H3. The molecule has 27 heavy (non-hydrogen) atoms. The number of hydrogen-bond acceptors (Lipinski definition) is 5. The van der Waals surface area contributed by atoms with Gasteiger partial charge in [-0.2, -0.15) is 0 Å². The number of anilines is 2. The molecule has 1 amide bonds. The Morgan fingerprint density at radius 1 is 1.15 bits per heavy atom. The monoisotopic (exact) mass is 428 g/mol. The van der Waals surface area contributed by atoms with Gasteiger partial charge in [-0.1, -0.05) is 34.8 Å². The van der Waals surface area contributed by atoms with E-state index in [0.717, 1.165) is 5.56 Å². The van der Waals surface area contributed by atoms with Gasteiger partial charge >= 0.3 is 6.09 Å². The van der Waals surface area contributed by atoms with Crippen molar-refractivity contribution < 1.29 is 9.53 Å². The first-order chi connectivity index (χ1) is 12.6. The van der Waals surface area contributed by atoms with Crippen molar-refractivity contribution in [2.24, 2.45) is 0 Å². The molecule has 1 aromatic carbocycles. The van der Waals surface area contributed by atoms with E-state index in [-0.39, 0.29) is 5.15 Å². The lowest BCUT2D eigenvalue weighted by Crippen LogP contribution is -2.46. The molecule has 2 aromatic rings. The van der Waals surface area contributed by atoms with Crippen molar-refractivity contribution in [2.75, 3.05) is 22.9 Å². The molecule has 0 saturated heterocycles. The predicted octanol–water partition coefficient (Wildman–Crippen LogP) is 5.20. The zero-order valence-electron chi connectivity index (χ0n) is 15.2. The molecule has 0 fully saturated rings. The first-order valence-corrected chi connectivity index (χ1v) is 9.50. The van der Waals surface area contributed by atoms with Crippen LogP contribution in [0.5, 0.6) is 0 Å². The highest BCUT2D eigenvalue weighted by Gasteiger charge is 2.32. The van der Waals surface area contributed by atoms with Crippen LogP contribution in [0.25, 0.3) is 0 Å². The van der Waals surface area contributed by atoms with Gasteiger partial charge < -0.3 is 9.64 Å². The summed E-state index contributed by atoms with van der Waals surface area (Å²) in [5, 5.41) is 9.47. The van der Waals surface area contributed by atoms with Gasteiger partial charge in [-0.3, -0.25) is 4.90 Å². The van der Waals surface area contributed by atoms with Gasteiger partial charge in [0.1, 0.15) is 5.60 Å². The molecule has 3 rings (SSSR count). The number of hydrogen-bond donors (Lipinski definition) is 0. The summed E-state index contributed by atoms with van der Waals surface area (Å²) < 4.78 is 5.48. The Kier molecular flexibility index (Phi) is 5.70. The fourth-order valence-electron chi connectivity index (χ4n) is 2.75. The van der Waals surface area contributed by atoms with E-state index in [4.69, 9.17) is 39.5 Å². The van der Waals surface area contributed by atoms with Crippen LogP contribution in [0.2, 0.25) is 15.2 Å². The summed E-state index contributed by atoms with van der Waals surface area (Å²) >= 11 is 18.5. The van der Waals surface area contributed by atoms with Gasteiger partial charge in [-0.15, -0.1) is 10.2 Å². The molecule has 6 nitrogen and oxygen atoms in total. The molecule has 144 valence electrons. The van der Waals surface area contributed by atoms with Crippen molar-refractivity contribution in [2.45, 2.75) is 32.9 Å². The van der Waals surface area contributed by atoms with Gasteiger partial charge in [-0.25, -0.2) is 4.79 Å². The molecule has 0 bridgehead atoms. The minimum Gasteiger partial charge on any atom is -0.443 e. The lowest BCUT2D eigenvalue weighted by atomic mass is 10.1. The second-order valence-corrected chi connectivity index (χ2v) is 8.40. The molecular formula is C18H19Cl3N4O2. The number of ether oxygens (including phenoxy) is 1. The fourth-order valence-corrected chi connectivity index (χ4v) is 3.27. The Morgan fingerprint density at radius 2 is 1.89 bits per heavy atom. The number of carbonyl (C=O) groups is 1. The van der Waals surface area contributed by atoms with Crippen LogP contribution in [0, 0.1) is 0 Å². The second kappa shape index (κ2) is 7.70. The van der Waals surface area contributed by atoms with E-state index in [2.05, 4.69) is 10.2 Å². The van der Waals surface area contributed by atoms with E-state index >= 15 is 0 Å². The van der Waals surface area contributed by atoms with E-state index in [9.17, 15) is 4.79 Å². The van der Waals surface area contributed by atoms with Crippen molar-refractivity contribution in [3.63, 3.8) is 0 Å². The number of carbonyl (C=O) groups excluding carboxylic acids is 1. The Balaban J connectivity index is 1.92. The first-order valence-electron chi connectivity index (χ1n) is 8.36. The zero-order valence-corrected chi connectivity index (χ0v) is 17.4. The summed E-state index contributed by atoms with van der Waals surface area (Å²) in [5.74, 6) is 0.401. The molecule has 0 atom stereocenters. The van der Waals surface area contributed by atoms with E-state index in [0.29, 0.717) is 41.2 Å². The Morgan fingerprint density at radius 3 is 2.59 bits per heavy atom. The van der Waals surface area contributed by atoms with Crippen LogP contribution in [0.3, 0.4) is 0 Å². The minimum atomic E-state index is -0.609. The van der Waals surface area contributed by atoms with Gasteiger partial charge in [0.2, 0.25) is 0 Å². The first kappa shape index (κ1) is 20.0. The third-order valence-electron chi connectivity index (χ3n) is 3.90. The molecule has 0 aliphatic carbocycles. The summed E-state index contributed by atoms with van der Waals surface area (Å²) in [6, 6.07) is 7.00. The van der Waals surface area contributed by atoms with Crippen molar-refractivity contribution >= 4 is 52.4 Å². The summed E-state index contributed by atoms with van der Waals surface area (Å²) in [6.07, 6.45) is -0.471. The number of nitrogens with zero attached hydrogens (tertiary/aromatic N) is 4. The molecule has 1 aliphatic rings. The maximum absolute atomic E-state index is 12.6. The number of aromatic nitrogens is 2. The normalized spacial score (nSPS) is 14.1. The third kappa shape index (κ3) is 4.75. The Bertz CT molecular complexity index is 870. The van der Waals surface area contributed by atoms with Gasteiger partial charge in [0.05, 0.1) is 5.69 Å². The molecule has 0 saturated carbocycles. The lowest BCUT2D eigenvalue weighted by Gasteiger charge is -2.37. The number of rotatable bonds is 2. The molecular weight excluding hydrogens is 411 g/mol. The number of amides is 1. The molecule has 1 aromatic heterocycles. The Hall–Kier alpha value is -1.76. The van der Waals surface area contributed by atoms with Crippen molar-refractivity contribution in [1.29, 1.82) is 0 Å². The minimum absolute atomic E-state index is 0.238. The van der Waals surface area contributed by atoms with Gasteiger partial charge in [0, 0.05) is 35.7 Å². The average Bonchev–Trinajstić information content (AvgIpc) is 2.56. The van der Waals surface area contributed by atoms with Crippen molar-refractivity contribution in [3.8, 4) is 0 Å². The van der Waals surface area contributed by atoms with Crippen LogP contribution < -0.4 is 9.80 Å². The fraction of sp³-hybridized carbons (Fsp3) is 0.389. The predicted molar refractivity (Wildman–Crippen MR) is 108 cm³/mol. The third-order valence-corrected chi connectivity index (χ3v) is 4.69. The molecule has 0 radical (unpaired) electrons. The molecule has 2 heterocycles. The van der Waals surface area contributed by atoms with Crippen LogP contribution >= 0.6 is 34.8 Å². The second-order valence-electron chi connectivity index (χ2n) is 7.17.